The number of thiazole rings is 1. The summed E-state index contributed by atoms with van der Waals surface area (Å²) in [6.07, 6.45) is 3.16. The first-order chi connectivity index (χ1) is 20.8. The summed E-state index contributed by atoms with van der Waals surface area (Å²) >= 11 is 1.29. The van der Waals surface area contributed by atoms with Gasteiger partial charge in [-0.25, -0.2) is 18.7 Å². The van der Waals surface area contributed by atoms with E-state index in [1.165, 1.54) is 23.5 Å². The van der Waals surface area contributed by atoms with Crippen LogP contribution in [0, 0.1) is 17.1 Å². The molecule has 224 valence electrons. The maximum Gasteiger partial charge on any atom is 0.236 e. The SMILES string of the molecule is CCc1nc2ccc(N3CCN(CC(=O)N4CCCC(F)C4)CC3)cn2c1N(C)c1nc(-c2ccc(F)cc2)c(C#N)s1. The summed E-state index contributed by atoms with van der Waals surface area (Å²) in [5, 5.41) is 10.5. The van der Waals surface area contributed by atoms with E-state index in [2.05, 4.69) is 39.5 Å². The molecule has 1 unspecified atom stereocenters. The van der Waals surface area contributed by atoms with Gasteiger partial charge in [0, 0.05) is 51.5 Å². The molecular weight excluding hydrogens is 570 g/mol. The first kappa shape index (κ1) is 29.0. The minimum atomic E-state index is -0.911. The summed E-state index contributed by atoms with van der Waals surface area (Å²) < 4.78 is 29.4. The zero-order chi connectivity index (χ0) is 30.1. The van der Waals surface area contributed by atoms with Gasteiger partial charge in [-0.15, -0.1) is 0 Å². The van der Waals surface area contributed by atoms with Crippen LogP contribution in [0.3, 0.4) is 0 Å². The number of hydrogen-bond acceptors (Lipinski definition) is 8. The summed E-state index contributed by atoms with van der Waals surface area (Å²) in [5.41, 5.74) is 3.99. The number of piperazine rings is 1. The Morgan fingerprint density at radius 1 is 1.12 bits per heavy atom. The molecule has 0 saturated carbocycles. The number of rotatable bonds is 7. The van der Waals surface area contributed by atoms with Gasteiger partial charge in [0.15, 0.2) is 5.13 Å². The highest BCUT2D eigenvalue weighted by Gasteiger charge is 2.27. The summed E-state index contributed by atoms with van der Waals surface area (Å²) in [7, 11) is 1.92. The number of anilines is 3. The topological polar surface area (TPSA) is 84.0 Å². The largest absolute Gasteiger partial charge is 0.368 e. The van der Waals surface area contributed by atoms with Crippen molar-refractivity contribution in [3.05, 3.63) is 59.0 Å². The van der Waals surface area contributed by atoms with E-state index < -0.39 is 6.17 Å². The number of fused-ring (bicyclic) bond motifs is 1. The van der Waals surface area contributed by atoms with Crippen LogP contribution < -0.4 is 9.80 Å². The van der Waals surface area contributed by atoms with Gasteiger partial charge in [0.2, 0.25) is 5.91 Å². The van der Waals surface area contributed by atoms with Gasteiger partial charge < -0.3 is 14.7 Å². The Hall–Kier alpha value is -4.08. The lowest BCUT2D eigenvalue weighted by Crippen LogP contribution is -2.51. The van der Waals surface area contributed by atoms with Gasteiger partial charge in [-0.1, -0.05) is 18.3 Å². The van der Waals surface area contributed by atoms with Crippen molar-refractivity contribution in [2.75, 3.05) is 62.7 Å². The molecule has 5 heterocycles. The molecule has 2 aliphatic rings. The highest BCUT2D eigenvalue weighted by molar-refractivity contribution is 7.16. The fourth-order valence-corrected chi connectivity index (χ4v) is 6.73. The minimum Gasteiger partial charge on any atom is -0.368 e. The van der Waals surface area contributed by atoms with Gasteiger partial charge in [-0.2, -0.15) is 5.26 Å². The predicted molar refractivity (Wildman–Crippen MR) is 164 cm³/mol. The van der Waals surface area contributed by atoms with Crippen LogP contribution in [-0.4, -0.2) is 89.1 Å². The van der Waals surface area contributed by atoms with Crippen molar-refractivity contribution in [1.82, 2.24) is 24.2 Å². The van der Waals surface area contributed by atoms with E-state index in [1.54, 1.807) is 17.0 Å². The van der Waals surface area contributed by atoms with Crippen molar-refractivity contribution in [3.8, 4) is 17.3 Å². The Labute approximate surface area is 253 Å². The molecule has 0 N–H and O–H groups in total. The molecule has 1 aromatic carbocycles. The average molecular weight is 605 g/mol. The van der Waals surface area contributed by atoms with Crippen molar-refractivity contribution < 1.29 is 13.6 Å². The fourth-order valence-electron chi connectivity index (χ4n) is 5.88. The third kappa shape index (κ3) is 5.92. The molecule has 43 heavy (non-hydrogen) atoms. The molecule has 2 aliphatic heterocycles. The van der Waals surface area contributed by atoms with E-state index in [0.717, 1.165) is 55.4 Å². The van der Waals surface area contributed by atoms with E-state index >= 15 is 0 Å². The summed E-state index contributed by atoms with van der Waals surface area (Å²) in [6, 6.07) is 12.3. The second-order valence-electron chi connectivity index (χ2n) is 11.0. The third-order valence-corrected chi connectivity index (χ3v) is 9.27. The summed E-state index contributed by atoms with van der Waals surface area (Å²) in [6.45, 7) is 6.28. The number of imidazole rings is 1. The molecule has 0 radical (unpaired) electrons. The number of nitriles is 1. The van der Waals surface area contributed by atoms with E-state index in [9.17, 15) is 18.8 Å². The number of amides is 1. The molecule has 12 heteroatoms. The number of carbonyl (C=O) groups excluding carboxylic acids is 1. The molecule has 1 atom stereocenters. The maximum atomic E-state index is 13.8. The lowest BCUT2D eigenvalue weighted by molar-refractivity contribution is -0.134. The van der Waals surface area contributed by atoms with Gasteiger partial charge >= 0.3 is 0 Å². The second-order valence-corrected chi connectivity index (χ2v) is 12.0. The lowest BCUT2D eigenvalue weighted by Gasteiger charge is -2.37. The van der Waals surface area contributed by atoms with Crippen LogP contribution in [-0.2, 0) is 11.2 Å². The molecule has 6 rings (SSSR count). The predicted octanol–water partition coefficient (Wildman–Crippen LogP) is 4.88. The maximum absolute atomic E-state index is 13.8. The van der Waals surface area contributed by atoms with Crippen LogP contribution in [0.25, 0.3) is 16.9 Å². The Bertz CT molecular complexity index is 1650. The van der Waals surface area contributed by atoms with Crippen LogP contribution in [0.1, 0.15) is 30.3 Å². The average Bonchev–Trinajstić information content (AvgIpc) is 3.63. The Balaban J connectivity index is 1.21. The number of aromatic nitrogens is 3. The van der Waals surface area contributed by atoms with Crippen molar-refractivity contribution in [1.29, 1.82) is 5.26 Å². The summed E-state index contributed by atoms with van der Waals surface area (Å²) in [4.78, 5) is 31.0. The first-order valence-electron chi connectivity index (χ1n) is 14.6. The van der Waals surface area contributed by atoms with Crippen LogP contribution in [0.2, 0.25) is 0 Å². The number of hydrogen-bond donors (Lipinski definition) is 0. The van der Waals surface area contributed by atoms with Crippen LogP contribution in [0.4, 0.5) is 25.4 Å². The molecule has 4 aromatic rings. The number of piperidine rings is 1. The van der Waals surface area contributed by atoms with E-state index in [-0.39, 0.29) is 18.3 Å². The molecule has 0 spiro atoms. The van der Waals surface area contributed by atoms with E-state index in [0.29, 0.717) is 47.2 Å². The zero-order valence-corrected chi connectivity index (χ0v) is 25.2. The number of alkyl halides is 1. The highest BCUT2D eigenvalue weighted by Crippen LogP contribution is 2.37. The highest BCUT2D eigenvalue weighted by atomic mass is 32.1. The number of carbonyl (C=O) groups is 1. The number of aryl methyl sites for hydroxylation is 1. The van der Waals surface area contributed by atoms with Crippen LogP contribution in [0.15, 0.2) is 42.6 Å². The monoisotopic (exact) mass is 604 g/mol. The van der Waals surface area contributed by atoms with Gasteiger partial charge in [0.05, 0.1) is 24.5 Å². The smallest absolute Gasteiger partial charge is 0.236 e. The number of pyridine rings is 1. The third-order valence-electron chi connectivity index (χ3n) is 8.23. The lowest BCUT2D eigenvalue weighted by atomic mass is 10.1. The molecule has 0 aliphatic carbocycles. The van der Waals surface area contributed by atoms with E-state index in [1.807, 2.05) is 18.0 Å². The van der Waals surface area contributed by atoms with Gasteiger partial charge in [-0.05, 0) is 55.7 Å². The van der Waals surface area contributed by atoms with Crippen molar-refractivity contribution >= 4 is 39.5 Å². The van der Waals surface area contributed by atoms with Crippen LogP contribution >= 0.6 is 11.3 Å². The van der Waals surface area contributed by atoms with Crippen LogP contribution in [0.5, 0.6) is 0 Å². The quantitative estimate of drug-likeness (QED) is 0.297. The number of nitrogens with zero attached hydrogens (tertiary/aromatic N) is 8. The van der Waals surface area contributed by atoms with Crippen molar-refractivity contribution in [3.63, 3.8) is 0 Å². The fraction of sp³-hybridized carbons (Fsp3) is 0.419. The molecule has 0 bridgehead atoms. The Morgan fingerprint density at radius 3 is 2.58 bits per heavy atom. The normalized spacial score (nSPS) is 17.8. The van der Waals surface area contributed by atoms with Gasteiger partial charge in [0.25, 0.3) is 0 Å². The zero-order valence-electron chi connectivity index (χ0n) is 24.3. The second kappa shape index (κ2) is 12.3. The number of benzene rings is 1. The molecule has 3 aromatic heterocycles. The molecule has 1 amide bonds. The van der Waals surface area contributed by atoms with Crippen molar-refractivity contribution in [2.24, 2.45) is 0 Å². The number of likely N-dealkylation sites (tertiary alicyclic amines) is 1. The molecule has 2 fully saturated rings. The summed E-state index contributed by atoms with van der Waals surface area (Å²) in [5.74, 6) is 0.549. The Morgan fingerprint density at radius 2 is 1.88 bits per heavy atom. The Kier molecular flexibility index (Phi) is 8.27. The molecule has 2 saturated heterocycles. The standard InChI is InChI=1S/C31H34F2N8OS/c1-3-25-30(37(2)31-36-29(26(17-34)43-31)21-6-8-22(32)9-7-21)41-19-24(10-11-27(41)35-25)39-15-13-38(14-16-39)20-28(42)40-12-4-5-23(33)18-40/h6-11,19,23H,3-5,12-16,18,20H2,1-2H3. The van der Waals surface area contributed by atoms with Gasteiger partial charge in [-0.3, -0.25) is 14.1 Å². The van der Waals surface area contributed by atoms with Crippen molar-refractivity contribution in [2.45, 2.75) is 32.4 Å². The molecular formula is C31H34F2N8OS. The van der Waals surface area contributed by atoms with Gasteiger partial charge in [0.1, 0.15) is 40.1 Å². The van der Waals surface area contributed by atoms with E-state index in [4.69, 9.17) is 9.97 Å². The number of halogens is 2. The first-order valence-corrected chi connectivity index (χ1v) is 15.5. The minimum absolute atomic E-state index is 0.0136. The molecule has 9 nitrogen and oxygen atoms in total.